The summed E-state index contributed by atoms with van der Waals surface area (Å²) in [6.45, 7) is 10.1. The lowest BCUT2D eigenvalue weighted by molar-refractivity contribution is 0.0947. The molecule has 0 saturated heterocycles. The molecule has 1 heterocycles. The van der Waals surface area contributed by atoms with Crippen molar-refractivity contribution >= 4 is 11.7 Å². The second-order valence-corrected chi connectivity index (χ2v) is 4.69. The predicted molar refractivity (Wildman–Crippen MR) is 83.1 cm³/mol. The molecular weight excluding hydrogens is 271 g/mol. The van der Waals surface area contributed by atoms with E-state index in [0.717, 1.165) is 26.1 Å². The van der Waals surface area contributed by atoms with Gasteiger partial charge in [-0.2, -0.15) is 0 Å². The summed E-state index contributed by atoms with van der Waals surface area (Å²) in [6.07, 6.45) is 2.28. The number of carbonyl (C=O) groups is 1. The number of hydrogen-bond donors (Lipinski definition) is 2. The molecule has 1 aromatic heterocycles. The van der Waals surface area contributed by atoms with Crippen LogP contribution in [0.5, 0.6) is 0 Å². The van der Waals surface area contributed by atoms with E-state index >= 15 is 0 Å². The van der Waals surface area contributed by atoms with Gasteiger partial charge in [-0.3, -0.25) is 4.79 Å². The van der Waals surface area contributed by atoms with E-state index < -0.39 is 11.7 Å². The number of carbonyl (C=O) groups excluding carboxylic acids is 1. The molecule has 0 aromatic carbocycles. The molecule has 0 spiro atoms. The van der Waals surface area contributed by atoms with Crippen molar-refractivity contribution in [2.24, 2.45) is 0 Å². The van der Waals surface area contributed by atoms with E-state index in [1.165, 1.54) is 12.3 Å². The van der Waals surface area contributed by atoms with Crippen molar-refractivity contribution in [1.82, 2.24) is 15.2 Å². The van der Waals surface area contributed by atoms with Crippen LogP contribution in [0, 0.1) is 5.82 Å². The second-order valence-electron chi connectivity index (χ2n) is 4.69. The van der Waals surface area contributed by atoms with E-state index in [-0.39, 0.29) is 11.4 Å². The summed E-state index contributed by atoms with van der Waals surface area (Å²) >= 11 is 0. The molecule has 2 N–H and O–H groups in total. The molecule has 0 radical (unpaired) electrons. The Morgan fingerprint density at radius 1 is 1.33 bits per heavy atom. The van der Waals surface area contributed by atoms with Gasteiger partial charge in [0.1, 0.15) is 0 Å². The number of nitrogens with zero attached hydrogens (tertiary/aromatic N) is 2. The lowest BCUT2D eigenvalue weighted by atomic mass is 10.2. The molecule has 1 amide bonds. The highest BCUT2D eigenvalue weighted by molar-refractivity contribution is 5.95. The van der Waals surface area contributed by atoms with Crippen molar-refractivity contribution in [1.29, 1.82) is 0 Å². The fourth-order valence-corrected chi connectivity index (χ4v) is 2.05. The number of amides is 1. The van der Waals surface area contributed by atoms with Gasteiger partial charge in [-0.25, -0.2) is 9.37 Å². The van der Waals surface area contributed by atoms with Crippen LogP contribution in [0.2, 0.25) is 0 Å². The van der Waals surface area contributed by atoms with Gasteiger partial charge in [0.25, 0.3) is 5.91 Å². The van der Waals surface area contributed by atoms with E-state index in [9.17, 15) is 9.18 Å². The third-order valence-electron chi connectivity index (χ3n) is 3.31. The molecule has 0 bridgehead atoms. The van der Waals surface area contributed by atoms with Gasteiger partial charge in [-0.1, -0.05) is 13.8 Å². The number of hydrogen-bond acceptors (Lipinski definition) is 4. The van der Waals surface area contributed by atoms with Crippen molar-refractivity contribution in [2.45, 2.75) is 27.2 Å². The standard InChI is InChI=1S/C15H25FN4O/c1-4-17-14-13(16)12(8-10-18-14)15(21)19-9-7-11-20(5-2)6-3/h8,10H,4-7,9,11H2,1-3H3,(H,17,18)(H,19,21). The van der Waals surface area contributed by atoms with E-state index in [0.29, 0.717) is 13.1 Å². The molecule has 5 nitrogen and oxygen atoms in total. The van der Waals surface area contributed by atoms with Gasteiger partial charge in [0.05, 0.1) is 5.56 Å². The summed E-state index contributed by atoms with van der Waals surface area (Å²) in [4.78, 5) is 18.1. The molecule has 0 aliphatic heterocycles. The first-order chi connectivity index (χ1) is 10.1. The van der Waals surface area contributed by atoms with E-state index in [2.05, 4.69) is 34.4 Å². The quantitative estimate of drug-likeness (QED) is 0.685. The van der Waals surface area contributed by atoms with Crippen molar-refractivity contribution in [3.63, 3.8) is 0 Å². The van der Waals surface area contributed by atoms with Crippen LogP contribution in [0.3, 0.4) is 0 Å². The van der Waals surface area contributed by atoms with Gasteiger partial charge in [0, 0.05) is 19.3 Å². The fraction of sp³-hybridized carbons (Fsp3) is 0.600. The van der Waals surface area contributed by atoms with Crippen molar-refractivity contribution < 1.29 is 9.18 Å². The summed E-state index contributed by atoms with van der Waals surface area (Å²) in [7, 11) is 0. The third-order valence-corrected chi connectivity index (χ3v) is 3.31. The monoisotopic (exact) mass is 296 g/mol. The van der Waals surface area contributed by atoms with E-state index in [4.69, 9.17) is 0 Å². The molecular formula is C15H25FN4O. The van der Waals surface area contributed by atoms with Gasteiger partial charge in [0.2, 0.25) is 0 Å². The predicted octanol–water partition coefficient (Wildman–Crippen LogP) is 2.11. The smallest absolute Gasteiger partial charge is 0.254 e. The first kappa shape index (κ1) is 17.4. The van der Waals surface area contributed by atoms with E-state index in [1.54, 1.807) is 0 Å². The Kier molecular flexibility index (Phi) is 7.68. The van der Waals surface area contributed by atoms with E-state index in [1.807, 2.05) is 6.92 Å². The summed E-state index contributed by atoms with van der Waals surface area (Å²) < 4.78 is 14.1. The number of halogens is 1. The largest absolute Gasteiger partial charge is 0.368 e. The zero-order valence-electron chi connectivity index (χ0n) is 13.1. The highest BCUT2D eigenvalue weighted by atomic mass is 19.1. The lowest BCUT2D eigenvalue weighted by Gasteiger charge is -2.17. The summed E-state index contributed by atoms with van der Waals surface area (Å²) in [5.74, 6) is -0.873. The molecule has 21 heavy (non-hydrogen) atoms. The van der Waals surface area contributed by atoms with Crippen LogP contribution in [-0.2, 0) is 0 Å². The molecule has 0 atom stereocenters. The van der Waals surface area contributed by atoms with Crippen LogP contribution >= 0.6 is 0 Å². The number of rotatable bonds is 9. The van der Waals surface area contributed by atoms with Gasteiger partial charge in [-0.05, 0) is 39.0 Å². The Balaban J connectivity index is 2.51. The zero-order chi connectivity index (χ0) is 15.7. The molecule has 0 fully saturated rings. The van der Waals surface area contributed by atoms with Gasteiger partial charge in [0.15, 0.2) is 11.6 Å². The highest BCUT2D eigenvalue weighted by Crippen LogP contribution is 2.14. The number of anilines is 1. The molecule has 1 aromatic rings. The SMILES string of the molecule is CCNc1nccc(C(=O)NCCCN(CC)CC)c1F. The van der Waals surface area contributed by atoms with Gasteiger partial charge in [-0.15, -0.1) is 0 Å². The number of aromatic nitrogens is 1. The Hall–Kier alpha value is -1.69. The summed E-state index contributed by atoms with van der Waals surface area (Å²) in [5, 5.41) is 5.55. The minimum atomic E-state index is -0.597. The van der Waals surface area contributed by atoms with Crippen LogP contribution in [0.25, 0.3) is 0 Å². The van der Waals surface area contributed by atoms with Crippen molar-refractivity contribution in [3.05, 3.63) is 23.6 Å². The van der Waals surface area contributed by atoms with Crippen LogP contribution in [0.1, 0.15) is 37.6 Å². The minimum Gasteiger partial charge on any atom is -0.368 e. The van der Waals surface area contributed by atoms with Gasteiger partial charge < -0.3 is 15.5 Å². The number of pyridine rings is 1. The van der Waals surface area contributed by atoms with Crippen LogP contribution in [-0.4, -0.2) is 48.5 Å². The molecule has 0 unspecified atom stereocenters. The molecule has 1 rings (SSSR count). The van der Waals surface area contributed by atoms with Crippen molar-refractivity contribution in [2.75, 3.05) is 38.0 Å². The first-order valence-electron chi connectivity index (χ1n) is 7.52. The normalized spacial score (nSPS) is 10.7. The molecule has 118 valence electrons. The zero-order valence-corrected chi connectivity index (χ0v) is 13.1. The highest BCUT2D eigenvalue weighted by Gasteiger charge is 2.15. The van der Waals surface area contributed by atoms with Crippen molar-refractivity contribution in [3.8, 4) is 0 Å². The Morgan fingerprint density at radius 3 is 2.67 bits per heavy atom. The Morgan fingerprint density at radius 2 is 2.05 bits per heavy atom. The summed E-state index contributed by atoms with van der Waals surface area (Å²) in [6, 6.07) is 1.40. The van der Waals surface area contributed by atoms with Gasteiger partial charge >= 0.3 is 0 Å². The average Bonchev–Trinajstić information content (AvgIpc) is 2.49. The maximum Gasteiger partial charge on any atom is 0.254 e. The minimum absolute atomic E-state index is 0.0313. The maximum absolute atomic E-state index is 14.1. The second kappa shape index (κ2) is 9.28. The fourth-order valence-electron chi connectivity index (χ4n) is 2.05. The number of nitrogens with one attached hydrogen (secondary N) is 2. The lowest BCUT2D eigenvalue weighted by Crippen LogP contribution is -2.30. The van der Waals surface area contributed by atoms with Crippen LogP contribution < -0.4 is 10.6 Å². The first-order valence-corrected chi connectivity index (χ1v) is 7.52. The van der Waals surface area contributed by atoms with Crippen LogP contribution in [0.4, 0.5) is 10.2 Å². The third kappa shape index (κ3) is 5.30. The average molecular weight is 296 g/mol. The Labute approximate surface area is 125 Å². The maximum atomic E-state index is 14.1. The summed E-state index contributed by atoms with van der Waals surface area (Å²) in [5.41, 5.74) is 0.0313. The topological polar surface area (TPSA) is 57.3 Å². The molecule has 0 aliphatic rings. The molecule has 0 aliphatic carbocycles. The van der Waals surface area contributed by atoms with Crippen LogP contribution in [0.15, 0.2) is 12.3 Å². The molecule has 0 saturated carbocycles. The Bertz CT molecular complexity index is 449. The molecule has 6 heteroatoms.